The fourth-order valence-corrected chi connectivity index (χ4v) is 4.36. The summed E-state index contributed by atoms with van der Waals surface area (Å²) in [7, 11) is -3.57. The molecule has 0 radical (unpaired) electrons. The Morgan fingerprint density at radius 2 is 1.60 bits per heavy atom. The molecule has 0 saturated carbocycles. The van der Waals surface area contributed by atoms with E-state index >= 15 is 0 Å². The zero-order chi connectivity index (χ0) is 18.0. The van der Waals surface area contributed by atoms with Gasteiger partial charge in [0.1, 0.15) is 0 Å². The van der Waals surface area contributed by atoms with E-state index in [1.165, 1.54) is 0 Å². The van der Waals surface area contributed by atoms with E-state index in [0.29, 0.717) is 4.90 Å². The van der Waals surface area contributed by atoms with Crippen LogP contribution in [0.4, 0.5) is 0 Å². The molecular formula is C20H22N2O2S. The summed E-state index contributed by atoms with van der Waals surface area (Å²) in [6.07, 6.45) is 3.95. The average molecular weight is 354 g/mol. The standard InChI is InChI=1S/C20H22N2O2S/c1-15-6-7-16(2)20(14-15)25(23,24)21-17(3)18-8-10-19(11-9-18)22-12-4-5-13-22/h4-14,17,21H,1-3H3/t17-/m0/s1. The predicted molar refractivity (Wildman–Crippen MR) is 100 cm³/mol. The van der Waals surface area contributed by atoms with Crippen LogP contribution in [-0.2, 0) is 10.0 Å². The number of sulfonamides is 1. The number of benzene rings is 2. The molecule has 130 valence electrons. The quantitative estimate of drug-likeness (QED) is 0.749. The maximum Gasteiger partial charge on any atom is 0.241 e. The zero-order valence-corrected chi connectivity index (χ0v) is 15.4. The van der Waals surface area contributed by atoms with E-state index in [4.69, 9.17) is 0 Å². The lowest BCUT2D eigenvalue weighted by atomic mass is 10.1. The molecule has 0 aliphatic carbocycles. The lowest BCUT2D eigenvalue weighted by molar-refractivity contribution is 0.566. The van der Waals surface area contributed by atoms with Gasteiger partial charge in [-0.05, 0) is 67.8 Å². The fraction of sp³-hybridized carbons (Fsp3) is 0.200. The highest BCUT2D eigenvalue weighted by atomic mass is 32.2. The Kier molecular flexibility index (Phi) is 4.79. The van der Waals surface area contributed by atoms with Crippen LogP contribution in [-0.4, -0.2) is 13.0 Å². The molecule has 0 saturated heterocycles. The van der Waals surface area contributed by atoms with E-state index < -0.39 is 10.0 Å². The molecule has 0 aliphatic rings. The number of nitrogens with one attached hydrogen (secondary N) is 1. The molecule has 0 bridgehead atoms. The van der Waals surface area contributed by atoms with Gasteiger partial charge in [0.05, 0.1) is 4.90 Å². The van der Waals surface area contributed by atoms with Crippen molar-refractivity contribution in [2.24, 2.45) is 0 Å². The van der Waals surface area contributed by atoms with E-state index in [2.05, 4.69) is 4.72 Å². The van der Waals surface area contributed by atoms with Gasteiger partial charge in [0.15, 0.2) is 0 Å². The predicted octanol–water partition coefficient (Wildman–Crippen LogP) is 4.13. The highest BCUT2D eigenvalue weighted by molar-refractivity contribution is 7.89. The van der Waals surface area contributed by atoms with E-state index in [1.54, 1.807) is 6.07 Å². The SMILES string of the molecule is Cc1ccc(C)c(S(=O)(=O)N[C@@H](C)c2ccc(-n3cccc3)cc2)c1. The van der Waals surface area contributed by atoms with Crippen LogP contribution in [0.1, 0.15) is 29.7 Å². The molecule has 0 aliphatic heterocycles. The Labute approximate surface area is 149 Å². The first-order chi connectivity index (χ1) is 11.9. The lowest BCUT2D eigenvalue weighted by Crippen LogP contribution is -2.27. The monoisotopic (exact) mass is 354 g/mol. The first-order valence-electron chi connectivity index (χ1n) is 8.20. The number of nitrogens with zero attached hydrogens (tertiary/aromatic N) is 1. The van der Waals surface area contributed by atoms with E-state index in [9.17, 15) is 8.42 Å². The molecule has 25 heavy (non-hydrogen) atoms. The average Bonchev–Trinajstić information content (AvgIpc) is 3.11. The Morgan fingerprint density at radius 1 is 0.960 bits per heavy atom. The largest absolute Gasteiger partial charge is 0.324 e. The van der Waals surface area contributed by atoms with Gasteiger partial charge in [-0.1, -0.05) is 24.3 Å². The second-order valence-corrected chi connectivity index (χ2v) is 7.98. The second-order valence-electron chi connectivity index (χ2n) is 6.29. The number of aromatic nitrogens is 1. The lowest BCUT2D eigenvalue weighted by Gasteiger charge is -2.17. The summed E-state index contributed by atoms with van der Waals surface area (Å²) in [4.78, 5) is 0.336. The van der Waals surface area contributed by atoms with Crippen LogP contribution in [0.25, 0.3) is 5.69 Å². The maximum absolute atomic E-state index is 12.7. The van der Waals surface area contributed by atoms with Gasteiger partial charge < -0.3 is 4.57 Å². The van der Waals surface area contributed by atoms with Gasteiger partial charge in [0, 0.05) is 24.1 Å². The molecule has 0 unspecified atom stereocenters. The Balaban J connectivity index is 1.81. The fourth-order valence-electron chi connectivity index (χ4n) is 2.80. The summed E-state index contributed by atoms with van der Waals surface area (Å²) in [6, 6.07) is 16.9. The van der Waals surface area contributed by atoms with Gasteiger partial charge in [-0.3, -0.25) is 0 Å². The summed E-state index contributed by atoms with van der Waals surface area (Å²) < 4.78 is 30.2. The molecule has 5 heteroatoms. The summed E-state index contributed by atoms with van der Waals surface area (Å²) >= 11 is 0. The normalized spacial score (nSPS) is 12.9. The van der Waals surface area contributed by atoms with Crippen molar-refractivity contribution in [2.75, 3.05) is 0 Å². The summed E-state index contributed by atoms with van der Waals surface area (Å²) in [5, 5.41) is 0. The maximum atomic E-state index is 12.7. The van der Waals surface area contributed by atoms with Crippen molar-refractivity contribution in [2.45, 2.75) is 31.7 Å². The van der Waals surface area contributed by atoms with Crippen molar-refractivity contribution in [1.82, 2.24) is 9.29 Å². The highest BCUT2D eigenvalue weighted by Crippen LogP contribution is 2.21. The van der Waals surface area contributed by atoms with Gasteiger partial charge in [-0.2, -0.15) is 0 Å². The van der Waals surface area contributed by atoms with Crippen molar-refractivity contribution < 1.29 is 8.42 Å². The van der Waals surface area contributed by atoms with E-state index in [-0.39, 0.29) is 6.04 Å². The number of hydrogen-bond donors (Lipinski definition) is 1. The van der Waals surface area contributed by atoms with Crippen LogP contribution in [0.3, 0.4) is 0 Å². The zero-order valence-electron chi connectivity index (χ0n) is 14.6. The van der Waals surface area contributed by atoms with Crippen LogP contribution in [0.15, 0.2) is 71.9 Å². The molecule has 0 fully saturated rings. The van der Waals surface area contributed by atoms with Gasteiger partial charge in [0.2, 0.25) is 10.0 Å². The van der Waals surface area contributed by atoms with Crippen LogP contribution in [0.2, 0.25) is 0 Å². The molecule has 1 atom stereocenters. The molecule has 0 amide bonds. The van der Waals surface area contributed by atoms with Crippen LogP contribution >= 0.6 is 0 Å². The molecule has 0 spiro atoms. The topological polar surface area (TPSA) is 51.1 Å². The molecule has 1 heterocycles. The summed E-state index contributed by atoms with van der Waals surface area (Å²) in [5.74, 6) is 0. The molecule has 1 N–H and O–H groups in total. The third-order valence-corrected chi connectivity index (χ3v) is 5.94. The molecule has 1 aromatic heterocycles. The minimum absolute atomic E-state index is 0.316. The third kappa shape index (κ3) is 3.83. The molecule has 3 rings (SSSR count). The molecule has 3 aromatic rings. The first kappa shape index (κ1) is 17.5. The molecule has 4 nitrogen and oxygen atoms in total. The number of hydrogen-bond acceptors (Lipinski definition) is 2. The number of rotatable bonds is 5. The summed E-state index contributed by atoms with van der Waals surface area (Å²) in [6.45, 7) is 5.56. The van der Waals surface area contributed by atoms with Crippen molar-refractivity contribution >= 4 is 10.0 Å². The highest BCUT2D eigenvalue weighted by Gasteiger charge is 2.20. The van der Waals surface area contributed by atoms with Gasteiger partial charge in [-0.15, -0.1) is 0 Å². The first-order valence-corrected chi connectivity index (χ1v) is 9.68. The summed E-state index contributed by atoms with van der Waals surface area (Å²) in [5.41, 5.74) is 3.63. The minimum atomic E-state index is -3.57. The van der Waals surface area contributed by atoms with Gasteiger partial charge >= 0.3 is 0 Å². The van der Waals surface area contributed by atoms with Crippen LogP contribution in [0, 0.1) is 13.8 Å². The van der Waals surface area contributed by atoms with Crippen molar-refractivity contribution in [3.8, 4) is 5.69 Å². The van der Waals surface area contributed by atoms with E-state index in [1.807, 2.05) is 86.3 Å². The molecular weight excluding hydrogens is 332 g/mol. The van der Waals surface area contributed by atoms with Gasteiger partial charge in [0.25, 0.3) is 0 Å². The Hall–Kier alpha value is -2.37. The Bertz CT molecular complexity index is 959. The smallest absolute Gasteiger partial charge is 0.241 e. The Morgan fingerprint density at radius 3 is 2.24 bits per heavy atom. The molecule has 2 aromatic carbocycles. The second kappa shape index (κ2) is 6.86. The van der Waals surface area contributed by atoms with Gasteiger partial charge in [-0.25, -0.2) is 13.1 Å². The van der Waals surface area contributed by atoms with Crippen molar-refractivity contribution in [3.05, 3.63) is 83.7 Å². The van der Waals surface area contributed by atoms with Crippen LogP contribution in [0.5, 0.6) is 0 Å². The van der Waals surface area contributed by atoms with Crippen LogP contribution < -0.4 is 4.72 Å². The van der Waals surface area contributed by atoms with E-state index in [0.717, 1.165) is 22.4 Å². The van der Waals surface area contributed by atoms with Crippen molar-refractivity contribution in [3.63, 3.8) is 0 Å². The minimum Gasteiger partial charge on any atom is -0.324 e. The van der Waals surface area contributed by atoms with Crippen molar-refractivity contribution in [1.29, 1.82) is 0 Å². The third-order valence-electron chi connectivity index (χ3n) is 4.26. The number of aryl methyl sites for hydroxylation is 2.